The molecule has 0 spiro atoms. The monoisotopic (exact) mass is 730 g/mol. The highest BCUT2D eigenvalue weighted by Crippen LogP contribution is 2.46. The maximum Gasteiger partial charge on any atom is 0.164 e. The predicted octanol–water partition coefficient (Wildman–Crippen LogP) is 13.8. The Bertz CT molecular complexity index is 3470. The highest BCUT2D eigenvalue weighted by atomic mass is 32.1. The van der Waals surface area contributed by atoms with Crippen LogP contribution in [0.3, 0.4) is 0 Å². The van der Waals surface area contributed by atoms with E-state index in [1.807, 2.05) is 47.7 Å². The molecule has 0 saturated carbocycles. The van der Waals surface area contributed by atoms with Crippen molar-refractivity contribution in [3.05, 3.63) is 182 Å². The molecular formula is C51H30N4S. The van der Waals surface area contributed by atoms with E-state index in [0.29, 0.717) is 17.5 Å². The third kappa shape index (κ3) is 4.75. The zero-order valence-electron chi connectivity index (χ0n) is 30.0. The highest BCUT2D eigenvalue weighted by Gasteiger charge is 2.21. The Morgan fingerprint density at radius 2 is 0.982 bits per heavy atom. The van der Waals surface area contributed by atoms with Gasteiger partial charge in [0.1, 0.15) is 0 Å². The first-order valence-corrected chi connectivity index (χ1v) is 19.7. The van der Waals surface area contributed by atoms with Crippen molar-refractivity contribution in [1.82, 2.24) is 19.5 Å². The van der Waals surface area contributed by atoms with Gasteiger partial charge in [-0.1, -0.05) is 146 Å². The predicted molar refractivity (Wildman–Crippen MR) is 236 cm³/mol. The largest absolute Gasteiger partial charge is 0.309 e. The van der Waals surface area contributed by atoms with Crippen LogP contribution in [-0.2, 0) is 0 Å². The van der Waals surface area contributed by atoms with Gasteiger partial charge in [-0.2, -0.15) is 0 Å². The first-order valence-electron chi connectivity index (χ1n) is 18.9. The molecule has 9 aromatic carbocycles. The second-order valence-corrected chi connectivity index (χ2v) is 15.5. The Hall–Kier alpha value is -7.21. The third-order valence-corrected chi connectivity index (χ3v) is 12.4. The molecule has 0 fully saturated rings. The van der Waals surface area contributed by atoms with Gasteiger partial charge >= 0.3 is 0 Å². The van der Waals surface area contributed by atoms with E-state index in [1.165, 1.54) is 68.9 Å². The Morgan fingerprint density at radius 1 is 0.375 bits per heavy atom. The molecule has 0 aliphatic heterocycles. The van der Waals surface area contributed by atoms with Crippen LogP contribution in [0, 0.1) is 0 Å². The fraction of sp³-hybridized carbons (Fsp3) is 0. The lowest BCUT2D eigenvalue weighted by molar-refractivity contribution is 1.08. The number of benzene rings is 9. The fourth-order valence-corrected chi connectivity index (χ4v) is 9.89. The van der Waals surface area contributed by atoms with Gasteiger partial charge in [0, 0.05) is 53.3 Å². The summed E-state index contributed by atoms with van der Waals surface area (Å²) < 4.78 is 4.90. The molecule has 260 valence electrons. The quantitative estimate of drug-likeness (QED) is 0.181. The molecule has 3 heterocycles. The number of aromatic nitrogens is 4. The maximum absolute atomic E-state index is 5.20. The van der Waals surface area contributed by atoms with E-state index in [2.05, 4.69) is 150 Å². The molecule has 0 aliphatic carbocycles. The average molecular weight is 731 g/mol. The molecule has 0 N–H and O–H groups in total. The SMILES string of the molecule is c1ccc(-c2nc(-c3ccccc3)nc(-c3cc4ccccc4c4sc5cc(-n6c7cc8ccccc8cc7c7c8ccccc8ccc76)ccc5c34)n2)cc1. The Balaban J connectivity index is 1.14. The number of nitrogens with zero attached hydrogens (tertiary/aromatic N) is 4. The van der Waals surface area contributed by atoms with Gasteiger partial charge in [0.2, 0.25) is 0 Å². The molecule has 0 atom stereocenters. The first kappa shape index (κ1) is 31.2. The van der Waals surface area contributed by atoms with E-state index >= 15 is 0 Å². The number of rotatable bonds is 4. The van der Waals surface area contributed by atoms with E-state index in [1.54, 1.807) is 0 Å². The molecular weight excluding hydrogens is 701 g/mol. The highest BCUT2D eigenvalue weighted by molar-refractivity contribution is 7.26. The minimum Gasteiger partial charge on any atom is -0.309 e. The zero-order chi connectivity index (χ0) is 36.7. The summed E-state index contributed by atoms with van der Waals surface area (Å²) in [5.74, 6) is 1.98. The molecule has 12 aromatic rings. The van der Waals surface area contributed by atoms with Crippen LogP contribution in [0.4, 0.5) is 0 Å². The van der Waals surface area contributed by atoms with Crippen LogP contribution in [-0.4, -0.2) is 19.5 Å². The second-order valence-electron chi connectivity index (χ2n) is 14.4. The van der Waals surface area contributed by atoms with Crippen LogP contribution in [0.1, 0.15) is 0 Å². The summed E-state index contributed by atoms with van der Waals surface area (Å²) in [4.78, 5) is 15.4. The number of hydrogen-bond donors (Lipinski definition) is 0. The Labute approximate surface area is 325 Å². The van der Waals surface area contributed by atoms with Gasteiger partial charge in [-0.15, -0.1) is 11.3 Å². The Morgan fingerprint density at radius 3 is 1.71 bits per heavy atom. The van der Waals surface area contributed by atoms with Crippen LogP contribution in [0.25, 0.3) is 114 Å². The van der Waals surface area contributed by atoms with E-state index in [9.17, 15) is 0 Å². The lowest BCUT2D eigenvalue weighted by Gasteiger charge is -2.11. The van der Waals surface area contributed by atoms with Crippen LogP contribution in [0.2, 0.25) is 0 Å². The summed E-state index contributed by atoms with van der Waals surface area (Å²) in [6, 6.07) is 65.0. The molecule has 0 bridgehead atoms. The van der Waals surface area contributed by atoms with Crippen LogP contribution >= 0.6 is 11.3 Å². The van der Waals surface area contributed by atoms with Gasteiger partial charge < -0.3 is 4.57 Å². The van der Waals surface area contributed by atoms with Crippen molar-refractivity contribution < 1.29 is 0 Å². The van der Waals surface area contributed by atoms with E-state index in [0.717, 1.165) is 27.8 Å². The summed E-state index contributed by atoms with van der Waals surface area (Å²) >= 11 is 1.84. The molecule has 0 amide bonds. The zero-order valence-corrected chi connectivity index (χ0v) is 30.8. The normalized spacial score (nSPS) is 11.9. The lowest BCUT2D eigenvalue weighted by atomic mass is 9.99. The van der Waals surface area contributed by atoms with Crippen molar-refractivity contribution >= 4 is 85.6 Å². The van der Waals surface area contributed by atoms with Gasteiger partial charge in [-0.3, -0.25) is 0 Å². The van der Waals surface area contributed by atoms with Crippen molar-refractivity contribution in [3.63, 3.8) is 0 Å². The molecule has 56 heavy (non-hydrogen) atoms. The summed E-state index contributed by atoms with van der Waals surface area (Å²) in [6.07, 6.45) is 0. The van der Waals surface area contributed by atoms with Gasteiger partial charge in [-0.05, 0) is 68.7 Å². The molecule has 0 saturated heterocycles. The van der Waals surface area contributed by atoms with Crippen LogP contribution in [0.15, 0.2) is 182 Å². The number of fused-ring (bicyclic) bond motifs is 11. The summed E-state index contributed by atoms with van der Waals surface area (Å²) in [5, 5.41) is 12.3. The average Bonchev–Trinajstić information content (AvgIpc) is 3.81. The summed E-state index contributed by atoms with van der Waals surface area (Å²) in [5.41, 5.74) is 6.46. The van der Waals surface area contributed by atoms with E-state index < -0.39 is 0 Å². The van der Waals surface area contributed by atoms with Gasteiger partial charge in [-0.25, -0.2) is 15.0 Å². The molecule has 5 heteroatoms. The molecule has 0 unspecified atom stereocenters. The minimum atomic E-state index is 0.656. The van der Waals surface area contributed by atoms with Gasteiger partial charge in [0.05, 0.1) is 11.0 Å². The third-order valence-electron chi connectivity index (χ3n) is 11.2. The lowest BCUT2D eigenvalue weighted by Crippen LogP contribution is -2.00. The summed E-state index contributed by atoms with van der Waals surface area (Å²) in [7, 11) is 0. The van der Waals surface area contributed by atoms with Gasteiger partial charge in [0.15, 0.2) is 17.5 Å². The van der Waals surface area contributed by atoms with E-state index in [4.69, 9.17) is 15.0 Å². The fourth-order valence-electron chi connectivity index (χ4n) is 8.60. The molecule has 4 nitrogen and oxygen atoms in total. The van der Waals surface area contributed by atoms with Crippen LogP contribution < -0.4 is 0 Å². The van der Waals surface area contributed by atoms with Crippen molar-refractivity contribution in [2.75, 3.05) is 0 Å². The molecule has 0 aliphatic rings. The maximum atomic E-state index is 5.20. The first-order chi connectivity index (χ1) is 27.7. The second kappa shape index (κ2) is 12.2. The van der Waals surface area contributed by atoms with Crippen molar-refractivity contribution in [3.8, 4) is 39.9 Å². The minimum absolute atomic E-state index is 0.656. The van der Waals surface area contributed by atoms with Crippen molar-refractivity contribution in [2.24, 2.45) is 0 Å². The number of thiophene rings is 1. The van der Waals surface area contributed by atoms with Crippen LogP contribution in [0.5, 0.6) is 0 Å². The topological polar surface area (TPSA) is 43.6 Å². The smallest absolute Gasteiger partial charge is 0.164 e. The molecule has 0 radical (unpaired) electrons. The Kier molecular flexibility index (Phi) is 6.76. The van der Waals surface area contributed by atoms with Crippen molar-refractivity contribution in [1.29, 1.82) is 0 Å². The molecule has 12 rings (SSSR count). The van der Waals surface area contributed by atoms with Gasteiger partial charge in [0.25, 0.3) is 0 Å². The van der Waals surface area contributed by atoms with Crippen molar-refractivity contribution in [2.45, 2.75) is 0 Å². The van der Waals surface area contributed by atoms with E-state index in [-0.39, 0.29) is 0 Å². The standard InChI is InChI=1S/C51H30N4S/c1-3-14-32(15-4-1)49-52-50(33-16-5-2-6-17-33)54-51(53-49)42-28-36-20-10-12-22-39(36)48-47(42)40-25-24-37(30-45(40)56-48)55-43-26-23-31-13-9-11-21-38(31)46(43)41-27-34-18-7-8-19-35(34)29-44(41)55/h1-30H. The molecule has 3 aromatic heterocycles. The summed E-state index contributed by atoms with van der Waals surface area (Å²) in [6.45, 7) is 0. The number of hydrogen-bond acceptors (Lipinski definition) is 4.